The van der Waals surface area contributed by atoms with E-state index in [0.717, 1.165) is 34.9 Å². The summed E-state index contributed by atoms with van der Waals surface area (Å²) in [5, 5.41) is 18.4. The molecule has 8 heteroatoms. The first kappa shape index (κ1) is 17.5. The Balaban J connectivity index is 1.68. The highest BCUT2D eigenvalue weighted by molar-refractivity contribution is 5.39. The number of non-ortho nitro benzene ring substituents is 1. The molecule has 0 atom stereocenters. The Hall–Kier alpha value is -3.29. The van der Waals surface area contributed by atoms with Crippen molar-refractivity contribution in [2.24, 2.45) is 0 Å². The minimum absolute atomic E-state index is 0.0997. The zero-order valence-corrected chi connectivity index (χ0v) is 14.9. The molecular formula is C18H20N6O2. The maximum atomic E-state index is 10.7. The Morgan fingerprint density at radius 1 is 1.08 bits per heavy atom. The largest absolute Gasteiger partial charge is 0.370 e. The molecule has 0 amide bonds. The average Bonchev–Trinajstić information content (AvgIpc) is 2.93. The van der Waals surface area contributed by atoms with Gasteiger partial charge in [-0.3, -0.25) is 10.1 Å². The Bertz CT molecular complexity index is 933. The van der Waals surface area contributed by atoms with Crippen LogP contribution in [0.25, 0.3) is 5.95 Å². The van der Waals surface area contributed by atoms with Gasteiger partial charge in [-0.05, 0) is 38.8 Å². The molecule has 2 aromatic heterocycles. The van der Waals surface area contributed by atoms with E-state index >= 15 is 0 Å². The second-order valence-corrected chi connectivity index (χ2v) is 6.13. The molecule has 3 rings (SSSR count). The van der Waals surface area contributed by atoms with Crippen molar-refractivity contribution in [2.45, 2.75) is 27.2 Å². The van der Waals surface area contributed by atoms with E-state index in [4.69, 9.17) is 0 Å². The molecule has 0 saturated heterocycles. The molecule has 0 bridgehead atoms. The fourth-order valence-corrected chi connectivity index (χ4v) is 2.69. The molecule has 0 aliphatic carbocycles. The summed E-state index contributed by atoms with van der Waals surface area (Å²) in [6, 6.07) is 10.4. The molecule has 0 radical (unpaired) electrons. The fraction of sp³-hybridized carbons (Fsp3) is 0.278. The van der Waals surface area contributed by atoms with E-state index in [1.165, 1.54) is 12.1 Å². The summed E-state index contributed by atoms with van der Waals surface area (Å²) in [6.07, 6.45) is 0.732. The van der Waals surface area contributed by atoms with Gasteiger partial charge in [0.2, 0.25) is 0 Å². The lowest BCUT2D eigenvalue weighted by atomic mass is 10.1. The van der Waals surface area contributed by atoms with Crippen molar-refractivity contribution in [1.82, 2.24) is 19.7 Å². The fourth-order valence-electron chi connectivity index (χ4n) is 2.69. The van der Waals surface area contributed by atoms with Crippen LogP contribution in [0.5, 0.6) is 0 Å². The zero-order valence-electron chi connectivity index (χ0n) is 14.9. The normalized spacial score (nSPS) is 10.7. The van der Waals surface area contributed by atoms with E-state index in [0.29, 0.717) is 12.5 Å². The number of benzene rings is 1. The van der Waals surface area contributed by atoms with Crippen molar-refractivity contribution in [2.75, 3.05) is 11.9 Å². The first-order valence-electron chi connectivity index (χ1n) is 8.29. The number of nitro benzene ring substituents is 1. The maximum Gasteiger partial charge on any atom is 0.269 e. The van der Waals surface area contributed by atoms with Crippen LogP contribution in [0.2, 0.25) is 0 Å². The molecule has 3 aromatic rings. The lowest BCUT2D eigenvalue weighted by molar-refractivity contribution is -0.384. The first-order valence-corrected chi connectivity index (χ1v) is 8.29. The highest BCUT2D eigenvalue weighted by Gasteiger charge is 2.09. The third-order valence-corrected chi connectivity index (χ3v) is 3.91. The number of nitrogens with one attached hydrogen (secondary N) is 1. The molecule has 0 spiro atoms. The van der Waals surface area contributed by atoms with Gasteiger partial charge < -0.3 is 5.32 Å². The first-order chi connectivity index (χ1) is 12.4. The highest BCUT2D eigenvalue weighted by Crippen LogP contribution is 2.14. The summed E-state index contributed by atoms with van der Waals surface area (Å²) in [7, 11) is 0. The van der Waals surface area contributed by atoms with Crippen LogP contribution in [0.3, 0.4) is 0 Å². The topological polar surface area (TPSA) is 98.8 Å². The standard InChI is InChI=1S/C18H20N6O2/c1-12-11-17(21-18(20-12)23-14(3)10-13(2)22-23)19-9-8-15-4-6-16(7-5-15)24(25)26/h4-7,10-11H,8-9H2,1-3H3,(H,19,20,21). The third-order valence-electron chi connectivity index (χ3n) is 3.91. The molecule has 26 heavy (non-hydrogen) atoms. The molecule has 2 heterocycles. The number of anilines is 1. The number of aromatic nitrogens is 4. The molecule has 0 saturated carbocycles. The third kappa shape index (κ3) is 4.02. The summed E-state index contributed by atoms with van der Waals surface area (Å²) in [5.41, 5.74) is 3.86. The van der Waals surface area contributed by atoms with Crippen molar-refractivity contribution in [3.05, 3.63) is 69.2 Å². The van der Waals surface area contributed by atoms with Crippen LogP contribution in [0.4, 0.5) is 11.5 Å². The van der Waals surface area contributed by atoms with Crippen LogP contribution >= 0.6 is 0 Å². The number of nitrogens with zero attached hydrogens (tertiary/aromatic N) is 5. The molecule has 134 valence electrons. The van der Waals surface area contributed by atoms with Crippen molar-refractivity contribution in [3.63, 3.8) is 0 Å². The number of nitro groups is 1. The van der Waals surface area contributed by atoms with Gasteiger partial charge in [0.15, 0.2) is 0 Å². The van der Waals surface area contributed by atoms with Gasteiger partial charge in [0.25, 0.3) is 11.6 Å². The van der Waals surface area contributed by atoms with Crippen molar-refractivity contribution >= 4 is 11.5 Å². The Morgan fingerprint density at radius 2 is 1.81 bits per heavy atom. The van der Waals surface area contributed by atoms with Crippen LogP contribution in [-0.4, -0.2) is 31.2 Å². The predicted octanol–water partition coefficient (Wildman–Crippen LogP) is 3.15. The number of rotatable bonds is 6. The maximum absolute atomic E-state index is 10.7. The van der Waals surface area contributed by atoms with E-state index in [1.54, 1.807) is 16.8 Å². The van der Waals surface area contributed by atoms with Gasteiger partial charge in [0, 0.05) is 36.1 Å². The highest BCUT2D eigenvalue weighted by atomic mass is 16.6. The van der Waals surface area contributed by atoms with Gasteiger partial charge in [-0.15, -0.1) is 0 Å². The Morgan fingerprint density at radius 3 is 2.42 bits per heavy atom. The minimum Gasteiger partial charge on any atom is -0.370 e. The van der Waals surface area contributed by atoms with Crippen molar-refractivity contribution < 1.29 is 4.92 Å². The van der Waals surface area contributed by atoms with Crippen LogP contribution in [0, 0.1) is 30.9 Å². The summed E-state index contributed by atoms with van der Waals surface area (Å²) in [5.74, 6) is 1.26. The molecule has 0 aliphatic heterocycles. The van der Waals surface area contributed by atoms with Gasteiger partial charge in [-0.1, -0.05) is 12.1 Å². The SMILES string of the molecule is Cc1cc(NCCc2ccc([N+](=O)[O-])cc2)nc(-n2nc(C)cc2C)n1. The lowest BCUT2D eigenvalue weighted by Gasteiger charge is -2.09. The van der Waals surface area contributed by atoms with Crippen LogP contribution in [0.1, 0.15) is 22.6 Å². The van der Waals surface area contributed by atoms with Gasteiger partial charge >= 0.3 is 0 Å². The zero-order chi connectivity index (χ0) is 18.7. The second-order valence-electron chi connectivity index (χ2n) is 6.13. The minimum atomic E-state index is -0.397. The number of hydrogen-bond acceptors (Lipinski definition) is 6. The molecule has 0 fully saturated rings. The quantitative estimate of drug-likeness (QED) is 0.540. The molecule has 1 aromatic carbocycles. The van der Waals surface area contributed by atoms with Gasteiger partial charge in [0.05, 0.1) is 10.6 Å². The molecule has 8 nitrogen and oxygen atoms in total. The predicted molar refractivity (Wildman–Crippen MR) is 98.7 cm³/mol. The summed E-state index contributed by atoms with van der Waals surface area (Å²) < 4.78 is 1.73. The smallest absolute Gasteiger partial charge is 0.269 e. The number of aryl methyl sites for hydroxylation is 3. The van der Waals surface area contributed by atoms with Crippen LogP contribution in [0.15, 0.2) is 36.4 Å². The van der Waals surface area contributed by atoms with Crippen LogP contribution < -0.4 is 5.32 Å². The van der Waals surface area contributed by atoms with Gasteiger partial charge in [-0.25, -0.2) is 9.67 Å². The molecule has 0 unspecified atom stereocenters. The summed E-state index contributed by atoms with van der Waals surface area (Å²) in [4.78, 5) is 19.3. The number of hydrogen-bond donors (Lipinski definition) is 1. The van der Waals surface area contributed by atoms with E-state index in [9.17, 15) is 10.1 Å². The van der Waals surface area contributed by atoms with E-state index in [-0.39, 0.29) is 5.69 Å². The molecular weight excluding hydrogens is 332 g/mol. The molecule has 1 N–H and O–H groups in total. The van der Waals surface area contributed by atoms with E-state index < -0.39 is 4.92 Å². The van der Waals surface area contributed by atoms with Gasteiger partial charge in [0.1, 0.15) is 5.82 Å². The second kappa shape index (κ2) is 7.30. The average molecular weight is 352 g/mol. The van der Waals surface area contributed by atoms with E-state index in [1.807, 2.05) is 32.9 Å². The Labute approximate surface area is 151 Å². The monoisotopic (exact) mass is 352 g/mol. The van der Waals surface area contributed by atoms with Crippen LogP contribution in [-0.2, 0) is 6.42 Å². The van der Waals surface area contributed by atoms with Crippen molar-refractivity contribution in [1.29, 1.82) is 0 Å². The summed E-state index contributed by atoms with van der Waals surface area (Å²) >= 11 is 0. The summed E-state index contributed by atoms with van der Waals surface area (Å²) in [6.45, 7) is 6.47. The van der Waals surface area contributed by atoms with Crippen molar-refractivity contribution in [3.8, 4) is 5.95 Å². The van der Waals surface area contributed by atoms with Gasteiger partial charge in [-0.2, -0.15) is 10.1 Å². The van der Waals surface area contributed by atoms with E-state index in [2.05, 4.69) is 20.4 Å². The lowest BCUT2D eigenvalue weighted by Crippen LogP contribution is -2.11. The molecule has 0 aliphatic rings. The Kier molecular flexibility index (Phi) is 4.92.